The lowest BCUT2D eigenvalue weighted by Gasteiger charge is -2.10. The van der Waals surface area contributed by atoms with Gasteiger partial charge in [0.1, 0.15) is 4.34 Å². The molecule has 3 aromatic rings. The Labute approximate surface area is 132 Å². The first kappa shape index (κ1) is 13.9. The summed E-state index contributed by atoms with van der Waals surface area (Å²) in [6.07, 6.45) is 0. The summed E-state index contributed by atoms with van der Waals surface area (Å²) in [6.45, 7) is 0. The zero-order valence-corrected chi connectivity index (χ0v) is 12.6. The van der Waals surface area contributed by atoms with Crippen LogP contribution in [0.1, 0.15) is 15.9 Å². The number of nitrogens with one attached hydrogen (secondary N) is 1. The van der Waals surface area contributed by atoms with Crippen LogP contribution in [0.5, 0.6) is 0 Å². The van der Waals surface area contributed by atoms with Crippen LogP contribution in [0, 0.1) is 0 Å². The predicted octanol–water partition coefficient (Wildman–Crippen LogP) is 5.38. The molecule has 0 unspecified atom stereocenters. The van der Waals surface area contributed by atoms with E-state index in [1.54, 1.807) is 0 Å². The van der Waals surface area contributed by atoms with Crippen LogP contribution in [0.15, 0.2) is 66.0 Å². The zero-order chi connectivity index (χ0) is 14.7. The number of carbonyl (C=O) groups is 1. The lowest BCUT2D eigenvalue weighted by atomic mass is 10.0. The molecule has 1 heterocycles. The minimum atomic E-state index is -0.00921. The zero-order valence-electron chi connectivity index (χ0n) is 11.0. The van der Waals surface area contributed by atoms with Gasteiger partial charge in [0.15, 0.2) is 5.78 Å². The molecule has 0 bridgehead atoms. The van der Waals surface area contributed by atoms with Crippen molar-refractivity contribution in [3.8, 4) is 0 Å². The molecule has 104 valence electrons. The largest absolute Gasteiger partial charge is 0.353 e. The van der Waals surface area contributed by atoms with Crippen molar-refractivity contribution in [3.63, 3.8) is 0 Å². The van der Waals surface area contributed by atoms with Crippen LogP contribution in [0.3, 0.4) is 0 Å². The van der Waals surface area contributed by atoms with Crippen molar-refractivity contribution in [2.75, 3.05) is 5.32 Å². The Balaban J connectivity index is 1.97. The molecule has 1 aromatic heterocycles. The van der Waals surface area contributed by atoms with Crippen LogP contribution in [0.2, 0.25) is 4.34 Å². The average molecular weight is 314 g/mol. The second-order valence-corrected chi connectivity index (χ2v) is 5.99. The number of para-hydroxylation sites is 1. The van der Waals surface area contributed by atoms with E-state index in [0.717, 1.165) is 11.4 Å². The van der Waals surface area contributed by atoms with Gasteiger partial charge in [0.25, 0.3) is 0 Å². The maximum atomic E-state index is 12.6. The summed E-state index contributed by atoms with van der Waals surface area (Å²) in [5.41, 5.74) is 2.87. The molecule has 0 spiro atoms. The topological polar surface area (TPSA) is 29.1 Å². The second-order valence-electron chi connectivity index (χ2n) is 4.47. The summed E-state index contributed by atoms with van der Waals surface area (Å²) in [4.78, 5) is 12.6. The van der Waals surface area contributed by atoms with Gasteiger partial charge in [-0.2, -0.15) is 0 Å². The third-order valence-corrected chi connectivity index (χ3v) is 4.26. The van der Waals surface area contributed by atoms with Gasteiger partial charge in [-0.15, -0.1) is 11.3 Å². The normalized spacial score (nSPS) is 10.3. The van der Waals surface area contributed by atoms with E-state index in [9.17, 15) is 4.79 Å². The van der Waals surface area contributed by atoms with E-state index in [4.69, 9.17) is 11.6 Å². The fraction of sp³-hybridized carbons (Fsp3) is 0. The Kier molecular flexibility index (Phi) is 4.04. The van der Waals surface area contributed by atoms with E-state index < -0.39 is 0 Å². The van der Waals surface area contributed by atoms with Crippen molar-refractivity contribution in [1.29, 1.82) is 0 Å². The SMILES string of the molecule is O=C(c1ccccc1)c1ccccc1Nc1ccsc1Cl. The number of benzene rings is 2. The molecule has 0 fully saturated rings. The average Bonchev–Trinajstić information content (AvgIpc) is 2.93. The third-order valence-electron chi connectivity index (χ3n) is 3.09. The molecule has 2 nitrogen and oxygen atoms in total. The highest BCUT2D eigenvalue weighted by atomic mass is 35.5. The highest BCUT2D eigenvalue weighted by Gasteiger charge is 2.14. The molecule has 1 N–H and O–H groups in total. The number of thiophene rings is 1. The highest BCUT2D eigenvalue weighted by Crippen LogP contribution is 2.32. The standard InChI is InChI=1S/C17H12ClNOS/c18-17-15(10-11-21-17)19-14-9-5-4-8-13(14)16(20)12-6-2-1-3-7-12/h1-11,19H. The smallest absolute Gasteiger partial charge is 0.195 e. The number of anilines is 2. The minimum absolute atomic E-state index is 0.00921. The van der Waals surface area contributed by atoms with Crippen molar-refractivity contribution in [2.24, 2.45) is 0 Å². The molecule has 0 amide bonds. The summed E-state index contributed by atoms with van der Waals surface area (Å²) in [5.74, 6) is -0.00921. The monoisotopic (exact) mass is 313 g/mol. The Morgan fingerprint density at radius 2 is 1.62 bits per heavy atom. The van der Waals surface area contributed by atoms with Crippen molar-refractivity contribution in [2.45, 2.75) is 0 Å². The van der Waals surface area contributed by atoms with Gasteiger partial charge < -0.3 is 5.32 Å². The predicted molar refractivity (Wildman–Crippen MR) is 88.9 cm³/mol. The maximum absolute atomic E-state index is 12.6. The molecule has 0 saturated heterocycles. The van der Waals surface area contributed by atoms with E-state index in [0.29, 0.717) is 15.5 Å². The van der Waals surface area contributed by atoms with Crippen LogP contribution in [0.4, 0.5) is 11.4 Å². The lowest BCUT2D eigenvalue weighted by molar-refractivity contribution is 0.103. The van der Waals surface area contributed by atoms with E-state index in [2.05, 4.69) is 5.32 Å². The van der Waals surface area contributed by atoms with Gasteiger partial charge in [0.2, 0.25) is 0 Å². The minimum Gasteiger partial charge on any atom is -0.353 e. The number of hydrogen-bond donors (Lipinski definition) is 1. The van der Waals surface area contributed by atoms with Gasteiger partial charge >= 0.3 is 0 Å². The number of rotatable bonds is 4. The van der Waals surface area contributed by atoms with E-state index >= 15 is 0 Å². The molecule has 3 rings (SSSR count). The molecule has 0 aliphatic rings. The third kappa shape index (κ3) is 2.99. The second kappa shape index (κ2) is 6.12. The lowest BCUT2D eigenvalue weighted by Crippen LogP contribution is -2.05. The molecule has 2 aromatic carbocycles. The highest BCUT2D eigenvalue weighted by molar-refractivity contribution is 7.15. The Bertz CT molecular complexity index is 767. The molecule has 0 atom stereocenters. The summed E-state index contributed by atoms with van der Waals surface area (Å²) in [6, 6.07) is 18.6. The van der Waals surface area contributed by atoms with Crippen LogP contribution < -0.4 is 5.32 Å². The molecule has 0 saturated carbocycles. The van der Waals surface area contributed by atoms with Crippen molar-refractivity contribution in [1.82, 2.24) is 0 Å². The summed E-state index contributed by atoms with van der Waals surface area (Å²) >= 11 is 7.56. The first-order valence-corrected chi connectivity index (χ1v) is 7.70. The van der Waals surface area contributed by atoms with Crippen LogP contribution in [0.25, 0.3) is 0 Å². The Morgan fingerprint density at radius 3 is 2.33 bits per heavy atom. The van der Waals surface area contributed by atoms with Crippen LogP contribution >= 0.6 is 22.9 Å². The van der Waals surface area contributed by atoms with E-state index in [1.807, 2.05) is 66.0 Å². The molecule has 4 heteroatoms. The van der Waals surface area contributed by atoms with Crippen molar-refractivity contribution < 1.29 is 4.79 Å². The van der Waals surface area contributed by atoms with E-state index in [-0.39, 0.29) is 5.78 Å². The first-order valence-electron chi connectivity index (χ1n) is 6.44. The molecule has 0 aliphatic carbocycles. The van der Waals surface area contributed by atoms with Gasteiger partial charge in [-0.3, -0.25) is 4.79 Å². The van der Waals surface area contributed by atoms with Crippen molar-refractivity contribution >= 4 is 40.1 Å². The maximum Gasteiger partial charge on any atom is 0.195 e. The summed E-state index contributed by atoms with van der Waals surface area (Å²) in [5, 5.41) is 5.14. The van der Waals surface area contributed by atoms with Gasteiger partial charge in [0, 0.05) is 16.8 Å². The fourth-order valence-electron chi connectivity index (χ4n) is 2.06. The summed E-state index contributed by atoms with van der Waals surface area (Å²) in [7, 11) is 0. The van der Waals surface area contributed by atoms with Gasteiger partial charge in [-0.1, -0.05) is 54.1 Å². The molecule has 0 aliphatic heterocycles. The fourth-order valence-corrected chi connectivity index (χ4v) is 2.90. The molecule has 21 heavy (non-hydrogen) atoms. The van der Waals surface area contributed by atoms with Gasteiger partial charge in [0.05, 0.1) is 5.69 Å². The number of hydrogen-bond acceptors (Lipinski definition) is 3. The Hall–Kier alpha value is -2.10. The van der Waals surface area contributed by atoms with Gasteiger partial charge in [-0.25, -0.2) is 0 Å². The van der Waals surface area contributed by atoms with Crippen LogP contribution in [-0.2, 0) is 0 Å². The molecular formula is C17H12ClNOS. The number of carbonyl (C=O) groups excluding carboxylic acids is 1. The molecular weight excluding hydrogens is 302 g/mol. The number of halogens is 1. The van der Waals surface area contributed by atoms with E-state index in [1.165, 1.54) is 11.3 Å². The van der Waals surface area contributed by atoms with Gasteiger partial charge in [-0.05, 0) is 23.6 Å². The van der Waals surface area contributed by atoms with Crippen LogP contribution in [-0.4, -0.2) is 5.78 Å². The Morgan fingerprint density at radius 1 is 0.905 bits per heavy atom. The van der Waals surface area contributed by atoms with Crippen molar-refractivity contribution in [3.05, 3.63) is 81.5 Å². The summed E-state index contributed by atoms with van der Waals surface area (Å²) < 4.78 is 0.678. The quantitative estimate of drug-likeness (QED) is 0.655. The first-order chi connectivity index (χ1) is 10.3. The number of ketones is 1. The molecule has 0 radical (unpaired) electrons.